The van der Waals surface area contributed by atoms with Gasteiger partial charge in [-0.15, -0.1) is 22.7 Å². The predicted molar refractivity (Wildman–Crippen MR) is 257 cm³/mol. The second kappa shape index (κ2) is 13.4. The van der Waals surface area contributed by atoms with E-state index in [1.807, 2.05) is 28.7 Å². The van der Waals surface area contributed by atoms with Crippen LogP contribution in [-0.4, -0.2) is 19.9 Å². The maximum atomic E-state index is 6.47. The fourth-order valence-electron chi connectivity index (χ4n) is 9.57. The lowest BCUT2D eigenvalue weighted by atomic mass is 9.33. The highest BCUT2D eigenvalue weighted by Crippen LogP contribution is 2.50. The van der Waals surface area contributed by atoms with Gasteiger partial charge in [-0.2, -0.15) is 0 Å². The molecule has 7 aromatic carbocycles. The molecule has 12 rings (SSSR count). The molecule has 0 saturated heterocycles. The van der Waals surface area contributed by atoms with Gasteiger partial charge in [0, 0.05) is 47.6 Å². The number of benzene rings is 7. The van der Waals surface area contributed by atoms with Gasteiger partial charge in [-0.3, -0.25) is 0 Å². The Morgan fingerprint density at radius 1 is 0.533 bits per heavy atom. The highest BCUT2D eigenvalue weighted by Gasteiger charge is 2.44. The van der Waals surface area contributed by atoms with Crippen LogP contribution in [0.15, 0.2) is 152 Å². The van der Waals surface area contributed by atoms with Gasteiger partial charge >= 0.3 is 0 Å². The van der Waals surface area contributed by atoms with Crippen LogP contribution in [0.2, 0.25) is 0 Å². The largest absolute Gasteiger partial charge is 0.486 e. The minimum absolute atomic E-state index is 0.00524. The van der Waals surface area contributed by atoms with Crippen LogP contribution < -0.4 is 35.7 Å². The summed E-state index contributed by atoms with van der Waals surface area (Å²) >= 11 is 3.72. The zero-order chi connectivity index (χ0) is 40.3. The summed E-state index contributed by atoms with van der Waals surface area (Å²) < 4.78 is 15.3. The zero-order valence-electron chi connectivity index (χ0n) is 34.0. The second-order valence-corrected chi connectivity index (χ2v) is 19.4. The third kappa shape index (κ3) is 5.56. The number of hydrogen-bond acceptors (Lipinski definition) is 6. The Balaban J connectivity index is 1.14. The highest BCUT2D eigenvalue weighted by atomic mass is 32.1. The van der Waals surface area contributed by atoms with Crippen molar-refractivity contribution in [1.82, 2.24) is 0 Å². The Kier molecular flexibility index (Phi) is 7.94. The van der Waals surface area contributed by atoms with Crippen molar-refractivity contribution in [3.05, 3.63) is 163 Å². The summed E-state index contributed by atoms with van der Waals surface area (Å²) in [5, 5.41) is 2.56. The number of fused-ring (bicyclic) bond motifs is 7. The second-order valence-electron chi connectivity index (χ2n) is 17.3. The summed E-state index contributed by atoms with van der Waals surface area (Å²) in [6, 6.07) is 56.7. The van der Waals surface area contributed by atoms with E-state index in [4.69, 9.17) is 9.47 Å². The lowest BCUT2D eigenvalue weighted by Gasteiger charge is -2.45. The van der Waals surface area contributed by atoms with Crippen LogP contribution in [0.5, 0.6) is 11.5 Å². The smallest absolute Gasteiger partial charge is 0.252 e. The molecule has 0 bridgehead atoms. The van der Waals surface area contributed by atoms with Crippen molar-refractivity contribution in [2.45, 2.75) is 33.1 Å². The summed E-state index contributed by atoms with van der Waals surface area (Å²) in [7, 11) is 0. The molecule has 3 aliphatic rings. The average molecular weight is 813 g/mol. The molecule has 5 heterocycles. The van der Waals surface area contributed by atoms with E-state index in [-0.39, 0.29) is 12.1 Å². The van der Waals surface area contributed by atoms with Gasteiger partial charge in [0.1, 0.15) is 13.2 Å². The minimum atomic E-state index is -0.0410. The summed E-state index contributed by atoms with van der Waals surface area (Å²) in [6.07, 6.45) is 0. The Morgan fingerprint density at radius 2 is 1.22 bits per heavy atom. The van der Waals surface area contributed by atoms with Crippen molar-refractivity contribution in [2.24, 2.45) is 0 Å². The van der Waals surface area contributed by atoms with Crippen LogP contribution in [0.3, 0.4) is 0 Å². The van der Waals surface area contributed by atoms with Gasteiger partial charge in [0.25, 0.3) is 6.71 Å². The van der Waals surface area contributed by atoms with Gasteiger partial charge in [-0.05, 0) is 135 Å². The first kappa shape index (κ1) is 35.7. The van der Waals surface area contributed by atoms with E-state index in [0.717, 1.165) is 22.9 Å². The van der Waals surface area contributed by atoms with E-state index in [1.54, 1.807) is 0 Å². The molecule has 0 N–H and O–H groups in total. The van der Waals surface area contributed by atoms with Crippen LogP contribution in [0, 0.1) is 6.92 Å². The number of aryl methyl sites for hydroxylation is 1. The maximum absolute atomic E-state index is 6.47. The number of nitrogens with zero attached hydrogens (tertiary/aromatic N) is 2. The van der Waals surface area contributed by atoms with E-state index in [9.17, 15) is 0 Å². The predicted octanol–water partition coefficient (Wildman–Crippen LogP) is 12.9. The molecule has 4 nitrogen and oxygen atoms in total. The molecule has 0 aliphatic carbocycles. The third-order valence-corrected chi connectivity index (χ3v) is 14.7. The van der Waals surface area contributed by atoms with Crippen LogP contribution in [0.1, 0.15) is 31.9 Å². The average Bonchev–Trinajstić information content (AvgIpc) is 3.91. The standard InChI is InChI=1S/C53H41BN2O2S2/c1-32-25-44-51-45(26-32)56(42-15-10-16-46-52(42)58-24-23-57-46)41-22-20-37(53(2,3)4)31-40(41)54(51)39-21-19-36(50-30-35-12-6-8-18-48(35)60-50)28-43(39)55(44)38-14-9-13-33(27-38)49-29-34-11-5-7-17-47(34)59-49/h5-22,25-31H,23-24H2,1-4H3. The first-order chi connectivity index (χ1) is 29.3. The number of anilines is 6. The molecule has 3 aliphatic heterocycles. The van der Waals surface area contributed by atoms with Crippen molar-refractivity contribution in [3.63, 3.8) is 0 Å². The number of rotatable bonds is 4. The van der Waals surface area contributed by atoms with E-state index in [2.05, 4.69) is 183 Å². The van der Waals surface area contributed by atoms with Gasteiger partial charge in [-0.25, -0.2) is 0 Å². The third-order valence-electron chi connectivity index (χ3n) is 12.4. The van der Waals surface area contributed by atoms with Crippen molar-refractivity contribution < 1.29 is 9.47 Å². The van der Waals surface area contributed by atoms with Crippen LogP contribution in [0.4, 0.5) is 34.1 Å². The molecule has 0 atom stereocenters. The normalized spacial score (nSPS) is 14.0. The molecule has 0 spiro atoms. The van der Waals surface area contributed by atoms with E-state index in [1.165, 1.54) is 91.3 Å². The molecule has 0 unspecified atom stereocenters. The monoisotopic (exact) mass is 812 g/mol. The summed E-state index contributed by atoms with van der Waals surface area (Å²) in [4.78, 5) is 7.53. The quantitative estimate of drug-likeness (QED) is 0.165. The lowest BCUT2D eigenvalue weighted by Crippen LogP contribution is -2.61. The molecule has 60 heavy (non-hydrogen) atoms. The van der Waals surface area contributed by atoms with Crippen molar-refractivity contribution in [2.75, 3.05) is 23.0 Å². The number of ether oxygens (including phenoxy) is 2. The van der Waals surface area contributed by atoms with Crippen molar-refractivity contribution in [1.29, 1.82) is 0 Å². The van der Waals surface area contributed by atoms with Crippen LogP contribution >= 0.6 is 22.7 Å². The molecular formula is C53H41BN2O2S2. The Bertz CT molecular complexity index is 3150. The van der Waals surface area contributed by atoms with E-state index in [0.29, 0.717) is 13.2 Å². The van der Waals surface area contributed by atoms with Gasteiger partial charge in [0.05, 0.1) is 5.69 Å². The molecule has 2 aromatic heterocycles. The molecule has 0 fully saturated rings. The minimum Gasteiger partial charge on any atom is -0.486 e. The van der Waals surface area contributed by atoms with Gasteiger partial charge in [0.2, 0.25) is 0 Å². The Morgan fingerprint density at radius 3 is 1.95 bits per heavy atom. The Hall–Kier alpha value is -6.28. The first-order valence-electron chi connectivity index (χ1n) is 20.8. The molecular weight excluding hydrogens is 772 g/mol. The van der Waals surface area contributed by atoms with Crippen molar-refractivity contribution in [3.8, 4) is 32.4 Å². The maximum Gasteiger partial charge on any atom is 0.252 e. The van der Waals surface area contributed by atoms with Crippen LogP contribution in [0.25, 0.3) is 41.1 Å². The molecule has 7 heteroatoms. The lowest BCUT2D eigenvalue weighted by molar-refractivity contribution is 0.172. The van der Waals surface area contributed by atoms with Gasteiger partial charge < -0.3 is 19.3 Å². The summed E-state index contributed by atoms with van der Waals surface area (Å²) in [5.41, 5.74) is 15.7. The molecule has 0 saturated carbocycles. The molecule has 290 valence electrons. The molecule has 0 radical (unpaired) electrons. The first-order valence-corrected chi connectivity index (χ1v) is 22.4. The van der Waals surface area contributed by atoms with E-state index < -0.39 is 0 Å². The van der Waals surface area contributed by atoms with Gasteiger partial charge in [0.15, 0.2) is 11.5 Å². The number of thiophene rings is 2. The Labute approximate surface area is 359 Å². The van der Waals surface area contributed by atoms with Crippen LogP contribution in [-0.2, 0) is 5.41 Å². The zero-order valence-corrected chi connectivity index (χ0v) is 35.6. The summed E-state index contributed by atoms with van der Waals surface area (Å²) in [6.45, 7) is 10.2. The van der Waals surface area contributed by atoms with Crippen molar-refractivity contribution >= 4 is 100 Å². The highest BCUT2D eigenvalue weighted by molar-refractivity contribution is 7.22. The topological polar surface area (TPSA) is 24.9 Å². The molecule has 0 amide bonds. The summed E-state index contributed by atoms with van der Waals surface area (Å²) in [5.74, 6) is 1.58. The fraction of sp³-hybridized carbons (Fsp3) is 0.132. The number of para-hydroxylation sites is 1. The fourth-order valence-corrected chi connectivity index (χ4v) is 11.7. The van der Waals surface area contributed by atoms with E-state index >= 15 is 0 Å². The number of hydrogen-bond donors (Lipinski definition) is 0. The molecule has 9 aromatic rings. The SMILES string of the molecule is Cc1cc2c3c(c1)N(c1cccc4c1OCCO4)c1ccc(C(C)(C)C)cc1B3c1ccc(-c3cc4ccccc4s3)cc1N2c1cccc(-c2cc3ccccc3s2)c1. The van der Waals surface area contributed by atoms with Gasteiger partial charge in [-0.1, -0.05) is 99.6 Å².